The van der Waals surface area contributed by atoms with Crippen molar-refractivity contribution in [3.63, 3.8) is 0 Å². The van der Waals surface area contributed by atoms with Crippen LogP contribution in [0.4, 0.5) is 5.95 Å². The summed E-state index contributed by atoms with van der Waals surface area (Å²) < 4.78 is 0. The van der Waals surface area contributed by atoms with Crippen molar-refractivity contribution in [3.8, 4) is 0 Å². The molecule has 0 aromatic carbocycles. The van der Waals surface area contributed by atoms with E-state index in [1.807, 2.05) is 0 Å². The Hall–Kier alpha value is -1.71. The van der Waals surface area contributed by atoms with Crippen molar-refractivity contribution in [3.05, 3.63) is 31.1 Å². The number of rotatable bonds is 4. The van der Waals surface area contributed by atoms with Crippen LogP contribution in [0, 0.1) is 0 Å². The van der Waals surface area contributed by atoms with Gasteiger partial charge in [-0.15, -0.1) is 6.58 Å². The third kappa shape index (κ3) is 3.46. The molecule has 0 aliphatic rings. The highest BCUT2D eigenvalue weighted by atomic mass is 16.1. The minimum Gasteiger partial charge on any atom is -0.295 e. The van der Waals surface area contributed by atoms with Gasteiger partial charge in [-0.2, -0.15) is 0 Å². The molecule has 0 radical (unpaired) electrons. The first-order valence-corrected chi connectivity index (χ1v) is 4.00. The van der Waals surface area contributed by atoms with Gasteiger partial charge < -0.3 is 0 Å². The second-order valence-corrected chi connectivity index (χ2v) is 2.45. The molecule has 4 heteroatoms. The van der Waals surface area contributed by atoms with Gasteiger partial charge in [0.15, 0.2) is 0 Å². The lowest BCUT2D eigenvalue weighted by molar-refractivity contribution is -0.116. The maximum atomic E-state index is 11.1. The third-order valence-corrected chi connectivity index (χ3v) is 1.39. The van der Waals surface area contributed by atoms with Crippen LogP contribution in [0.2, 0.25) is 0 Å². The minimum atomic E-state index is -0.0916. The van der Waals surface area contributed by atoms with Gasteiger partial charge in [0.25, 0.3) is 0 Å². The minimum absolute atomic E-state index is 0.0916. The molecule has 0 fully saturated rings. The summed E-state index contributed by atoms with van der Waals surface area (Å²) in [6.07, 6.45) is 5.94. The standard InChI is InChI=1S/C9H11N3O/c1-2-3-5-8(13)12-9-10-6-4-7-11-9/h2,4,6-7H,1,3,5H2,(H,10,11,12,13). The summed E-state index contributed by atoms with van der Waals surface area (Å²) in [5, 5.41) is 2.57. The summed E-state index contributed by atoms with van der Waals surface area (Å²) in [5.41, 5.74) is 0. The van der Waals surface area contributed by atoms with Crippen molar-refractivity contribution in [1.29, 1.82) is 0 Å². The molecule has 13 heavy (non-hydrogen) atoms. The summed E-state index contributed by atoms with van der Waals surface area (Å²) in [6.45, 7) is 3.53. The van der Waals surface area contributed by atoms with E-state index < -0.39 is 0 Å². The number of hydrogen-bond donors (Lipinski definition) is 1. The Kier molecular flexibility index (Phi) is 3.63. The Morgan fingerprint density at radius 2 is 2.23 bits per heavy atom. The monoisotopic (exact) mass is 177 g/mol. The fourth-order valence-corrected chi connectivity index (χ4v) is 0.784. The van der Waals surface area contributed by atoms with Crippen molar-refractivity contribution in [2.75, 3.05) is 5.32 Å². The number of allylic oxidation sites excluding steroid dienone is 1. The lowest BCUT2D eigenvalue weighted by atomic mass is 10.3. The number of amides is 1. The summed E-state index contributed by atoms with van der Waals surface area (Å²) in [6, 6.07) is 1.69. The zero-order chi connectivity index (χ0) is 9.52. The van der Waals surface area contributed by atoms with Gasteiger partial charge in [-0.25, -0.2) is 9.97 Å². The van der Waals surface area contributed by atoms with E-state index in [1.54, 1.807) is 24.5 Å². The van der Waals surface area contributed by atoms with Crippen LogP contribution in [-0.4, -0.2) is 15.9 Å². The van der Waals surface area contributed by atoms with E-state index >= 15 is 0 Å². The number of nitrogens with zero attached hydrogens (tertiary/aromatic N) is 2. The highest BCUT2D eigenvalue weighted by Crippen LogP contribution is 1.97. The zero-order valence-corrected chi connectivity index (χ0v) is 7.23. The highest BCUT2D eigenvalue weighted by Gasteiger charge is 2.00. The molecule has 1 amide bonds. The van der Waals surface area contributed by atoms with Crippen LogP contribution in [0.25, 0.3) is 0 Å². The van der Waals surface area contributed by atoms with E-state index in [2.05, 4.69) is 21.9 Å². The molecule has 0 saturated heterocycles. The van der Waals surface area contributed by atoms with Crippen LogP contribution in [0.3, 0.4) is 0 Å². The normalized spacial score (nSPS) is 9.23. The number of hydrogen-bond acceptors (Lipinski definition) is 3. The molecule has 0 spiro atoms. The molecule has 0 atom stereocenters. The Balaban J connectivity index is 2.41. The van der Waals surface area contributed by atoms with Crippen molar-refractivity contribution in [1.82, 2.24) is 9.97 Å². The van der Waals surface area contributed by atoms with E-state index in [4.69, 9.17) is 0 Å². The molecule has 0 bridgehead atoms. The van der Waals surface area contributed by atoms with Crippen molar-refractivity contribution in [2.24, 2.45) is 0 Å². The second-order valence-electron chi connectivity index (χ2n) is 2.45. The molecule has 0 unspecified atom stereocenters. The number of nitrogens with one attached hydrogen (secondary N) is 1. The van der Waals surface area contributed by atoms with Gasteiger partial charge in [0.05, 0.1) is 0 Å². The van der Waals surface area contributed by atoms with Crippen LogP contribution in [0.5, 0.6) is 0 Å². The van der Waals surface area contributed by atoms with Crippen molar-refractivity contribution >= 4 is 11.9 Å². The molecular weight excluding hydrogens is 166 g/mol. The lowest BCUT2D eigenvalue weighted by Gasteiger charge is -2.00. The predicted octanol–water partition coefficient (Wildman–Crippen LogP) is 1.38. The maximum absolute atomic E-state index is 11.1. The smallest absolute Gasteiger partial charge is 0.229 e. The number of anilines is 1. The summed E-state index contributed by atoms with van der Waals surface area (Å²) >= 11 is 0. The molecule has 0 saturated carbocycles. The SMILES string of the molecule is C=CCCC(=O)Nc1ncccn1. The first-order valence-electron chi connectivity index (χ1n) is 4.00. The second kappa shape index (κ2) is 5.03. The van der Waals surface area contributed by atoms with Gasteiger partial charge in [0.2, 0.25) is 11.9 Å². The summed E-state index contributed by atoms with van der Waals surface area (Å²) in [7, 11) is 0. The molecule has 4 nitrogen and oxygen atoms in total. The first kappa shape index (κ1) is 9.38. The van der Waals surface area contributed by atoms with Gasteiger partial charge in [-0.3, -0.25) is 10.1 Å². The van der Waals surface area contributed by atoms with Gasteiger partial charge >= 0.3 is 0 Å². The Bertz CT molecular complexity index is 284. The molecule has 1 rings (SSSR count). The van der Waals surface area contributed by atoms with E-state index in [0.29, 0.717) is 18.8 Å². The number of aromatic nitrogens is 2. The Labute approximate surface area is 76.7 Å². The van der Waals surface area contributed by atoms with Gasteiger partial charge in [-0.1, -0.05) is 6.08 Å². The van der Waals surface area contributed by atoms with E-state index in [0.717, 1.165) is 0 Å². The van der Waals surface area contributed by atoms with Crippen molar-refractivity contribution < 1.29 is 4.79 Å². The van der Waals surface area contributed by atoms with E-state index in [-0.39, 0.29) is 5.91 Å². The summed E-state index contributed by atoms with van der Waals surface area (Å²) in [4.78, 5) is 18.8. The van der Waals surface area contributed by atoms with Crippen LogP contribution in [-0.2, 0) is 4.79 Å². The Morgan fingerprint density at radius 1 is 1.54 bits per heavy atom. The van der Waals surface area contributed by atoms with Crippen LogP contribution < -0.4 is 5.32 Å². The fraction of sp³-hybridized carbons (Fsp3) is 0.222. The zero-order valence-electron chi connectivity index (χ0n) is 7.23. The van der Waals surface area contributed by atoms with Crippen LogP contribution in [0.1, 0.15) is 12.8 Å². The van der Waals surface area contributed by atoms with Crippen LogP contribution >= 0.6 is 0 Å². The van der Waals surface area contributed by atoms with Gasteiger partial charge in [0, 0.05) is 18.8 Å². The molecule has 68 valence electrons. The number of carbonyl (C=O) groups excluding carboxylic acids is 1. The van der Waals surface area contributed by atoms with Gasteiger partial charge in [0.1, 0.15) is 0 Å². The predicted molar refractivity (Wildman–Crippen MR) is 50.1 cm³/mol. The van der Waals surface area contributed by atoms with Crippen LogP contribution in [0.15, 0.2) is 31.1 Å². The highest BCUT2D eigenvalue weighted by molar-refractivity contribution is 5.88. The lowest BCUT2D eigenvalue weighted by Crippen LogP contribution is -2.12. The average molecular weight is 177 g/mol. The molecule has 0 aliphatic heterocycles. The fourth-order valence-electron chi connectivity index (χ4n) is 0.784. The third-order valence-electron chi connectivity index (χ3n) is 1.39. The molecule has 1 N–H and O–H groups in total. The van der Waals surface area contributed by atoms with Crippen molar-refractivity contribution in [2.45, 2.75) is 12.8 Å². The summed E-state index contributed by atoms with van der Waals surface area (Å²) in [5.74, 6) is 0.252. The molecule has 1 aromatic heterocycles. The molecule has 1 heterocycles. The quantitative estimate of drug-likeness (QED) is 0.707. The van der Waals surface area contributed by atoms with E-state index in [1.165, 1.54) is 0 Å². The Morgan fingerprint density at radius 3 is 2.85 bits per heavy atom. The average Bonchev–Trinajstić information content (AvgIpc) is 2.16. The van der Waals surface area contributed by atoms with Gasteiger partial charge in [-0.05, 0) is 12.5 Å². The largest absolute Gasteiger partial charge is 0.295 e. The molecule has 0 aliphatic carbocycles. The number of carbonyl (C=O) groups is 1. The topological polar surface area (TPSA) is 54.9 Å². The maximum Gasteiger partial charge on any atom is 0.229 e. The first-order chi connectivity index (χ1) is 6.33. The molecule has 1 aromatic rings. The van der Waals surface area contributed by atoms with E-state index in [9.17, 15) is 4.79 Å². The molecular formula is C9H11N3O.